The van der Waals surface area contributed by atoms with E-state index in [1.54, 1.807) is 6.92 Å². The van der Waals surface area contributed by atoms with Crippen molar-refractivity contribution >= 4 is 38.9 Å². The number of piperidine rings is 1. The van der Waals surface area contributed by atoms with Crippen LogP contribution >= 0.6 is 11.6 Å². The summed E-state index contributed by atoms with van der Waals surface area (Å²) in [5.41, 5.74) is 0.918. The summed E-state index contributed by atoms with van der Waals surface area (Å²) < 4.78 is 42.0. The first-order valence-corrected chi connectivity index (χ1v) is 14.9. The minimum Gasteiger partial charge on any atom is -0.489 e. The number of halogens is 1. The second-order valence-corrected chi connectivity index (χ2v) is 12.2. The molecule has 2 aliphatic rings. The summed E-state index contributed by atoms with van der Waals surface area (Å²) in [5, 5.41) is 11.8. The van der Waals surface area contributed by atoms with Gasteiger partial charge >= 0.3 is 11.8 Å². The smallest absolute Gasteiger partial charge is 0.417 e. The third-order valence-electron chi connectivity index (χ3n) is 7.21. The first-order chi connectivity index (χ1) is 18.9. The number of nitro groups is 1. The van der Waals surface area contributed by atoms with Crippen LogP contribution in [0.25, 0.3) is 0 Å². The van der Waals surface area contributed by atoms with E-state index in [-0.39, 0.29) is 12.6 Å². The van der Waals surface area contributed by atoms with E-state index in [1.165, 1.54) is 4.57 Å². The summed E-state index contributed by atoms with van der Waals surface area (Å²) in [6.07, 6.45) is 2.78. The van der Waals surface area contributed by atoms with Crippen molar-refractivity contribution in [1.29, 1.82) is 0 Å². The molecule has 0 aliphatic carbocycles. The second kappa shape index (κ2) is 10.8. The summed E-state index contributed by atoms with van der Waals surface area (Å²) in [4.78, 5) is 18.9. The number of imidazole rings is 1. The third-order valence-corrected chi connectivity index (χ3v) is 8.00. The average molecular weight is 592 g/mol. The third kappa shape index (κ3) is 5.96. The van der Waals surface area contributed by atoms with Crippen LogP contribution in [0, 0.1) is 10.1 Å². The minimum atomic E-state index is -3.93. The highest BCUT2D eigenvalue weighted by Gasteiger charge is 2.52. The Bertz CT molecular complexity index is 1470. The number of aromatic nitrogens is 2. The van der Waals surface area contributed by atoms with E-state index in [0.29, 0.717) is 11.8 Å². The molecule has 3 heterocycles. The summed E-state index contributed by atoms with van der Waals surface area (Å²) in [5.74, 6) is 0.0795. The fourth-order valence-corrected chi connectivity index (χ4v) is 5.79. The van der Waals surface area contributed by atoms with Crippen LogP contribution in [0.15, 0.2) is 54.7 Å². The number of rotatable bonds is 9. The Morgan fingerprint density at radius 3 is 2.42 bits per heavy atom. The van der Waals surface area contributed by atoms with Gasteiger partial charge in [0, 0.05) is 47.6 Å². The molecule has 3 aromatic rings. The zero-order chi connectivity index (χ0) is 28.7. The fraction of sp³-hybridized carbons (Fsp3) is 0.423. The van der Waals surface area contributed by atoms with E-state index in [9.17, 15) is 18.5 Å². The van der Waals surface area contributed by atoms with Gasteiger partial charge in [-0.15, -0.1) is 0 Å². The predicted octanol–water partition coefficient (Wildman–Crippen LogP) is 4.25. The van der Waals surface area contributed by atoms with Gasteiger partial charge in [-0.1, -0.05) is 11.6 Å². The van der Waals surface area contributed by atoms with E-state index in [2.05, 4.69) is 21.8 Å². The van der Waals surface area contributed by atoms with Crippen LogP contribution in [0.1, 0.15) is 26.0 Å². The average Bonchev–Trinajstić information content (AvgIpc) is 3.44. The molecule has 0 saturated carbocycles. The van der Waals surface area contributed by atoms with Gasteiger partial charge < -0.3 is 29.4 Å². The molecule has 2 aliphatic heterocycles. The van der Waals surface area contributed by atoms with Crippen molar-refractivity contribution in [2.45, 2.75) is 37.6 Å². The summed E-state index contributed by atoms with van der Waals surface area (Å²) in [6, 6.07) is 15.9. The minimum absolute atomic E-state index is 0.0912. The number of ether oxygens (including phenoxy) is 2. The number of benzene rings is 2. The van der Waals surface area contributed by atoms with Crippen molar-refractivity contribution in [3.8, 4) is 11.8 Å². The van der Waals surface area contributed by atoms with Gasteiger partial charge in [-0.2, -0.15) is 8.42 Å². The summed E-state index contributed by atoms with van der Waals surface area (Å²) in [6.45, 7) is 3.34. The van der Waals surface area contributed by atoms with Crippen LogP contribution in [-0.2, 0) is 14.3 Å². The van der Waals surface area contributed by atoms with Crippen molar-refractivity contribution in [2.75, 3.05) is 42.8 Å². The molecule has 14 heteroatoms. The summed E-state index contributed by atoms with van der Waals surface area (Å²) >= 11 is 6.03. The predicted molar refractivity (Wildman–Crippen MR) is 150 cm³/mol. The normalized spacial score (nSPS) is 21.1. The molecule has 0 bridgehead atoms. The Kier molecular flexibility index (Phi) is 7.55. The molecule has 2 aromatic carbocycles. The van der Waals surface area contributed by atoms with E-state index < -0.39 is 32.7 Å². The monoisotopic (exact) mass is 591 g/mol. The molecule has 214 valence electrons. The van der Waals surface area contributed by atoms with Gasteiger partial charge in [0.25, 0.3) is 10.1 Å². The Labute approximate surface area is 237 Å². The van der Waals surface area contributed by atoms with Crippen LogP contribution in [-0.4, -0.2) is 67.5 Å². The van der Waals surface area contributed by atoms with E-state index >= 15 is 0 Å². The standard InChI is InChI=1S/C26H30ClN5O7S/c1-26(24(39-40(3,35)36)31-16-23(32(33)34)28-25(31)38-26)17-37-22-10-8-21(9-11-22)30-14-12-20(13-15-30)29(2)19-6-4-18(27)5-7-19/h4-11,16,20,24H,12-15,17H2,1-3H3/t24?,26-/m1/s1. The number of hydrogen-bond donors (Lipinski definition) is 0. The lowest BCUT2D eigenvalue weighted by atomic mass is 10.0. The lowest BCUT2D eigenvalue weighted by molar-refractivity contribution is -0.389. The van der Waals surface area contributed by atoms with Crippen molar-refractivity contribution in [1.82, 2.24) is 9.55 Å². The van der Waals surface area contributed by atoms with Crippen molar-refractivity contribution in [3.63, 3.8) is 0 Å². The molecule has 0 radical (unpaired) electrons. The van der Waals surface area contributed by atoms with Crippen LogP contribution in [0.5, 0.6) is 11.8 Å². The largest absolute Gasteiger partial charge is 0.489 e. The lowest BCUT2D eigenvalue weighted by Crippen LogP contribution is -2.44. The molecule has 40 heavy (non-hydrogen) atoms. The van der Waals surface area contributed by atoms with Crippen molar-refractivity contribution < 1.29 is 27.0 Å². The molecule has 0 amide bonds. The van der Waals surface area contributed by atoms with Gasteiger partial charge in [-0.25, -0.2) is 8.75 Å². The molecule has 2 atom stereocenters. The van der Waals surface area contributed by atoms with Gasteiger partial charge in [0.1, 0.15) is 18.6 Å². The fourth-order valence-electron chi connectivity index (χ4n) is 5.04. The zero-order valence-electron chi connectivity index (χ0n) is 22.3. The highest BCUT2D eigenvalue weighted by molar-refractivity contribution is 7.86. The maximum Gasteiger partial charge on any atom is 0.417 e. The van der Waals surface area contributed by atoms with Crippen molar-refractivity contribution in [3.05, 3.63) is 69.9 Å². The first-order valence-electron chi connectivity index (χ1n) is 12.7. The van der Waals surface area contributed by atoms with Crippen LogP contribution < -0.4 is 19.3 Å². The van der Waals surface area contributed by atoms with Crippen LogP contribution in [0.3, 0.4) is 0 Å². The van der Waals surface area contributed by atoms with Crippen LogP contribution in [0.4, 0.5) is 17.2 Å². The highest BCUT2D eigenvalue weighted by Crippen LogP contribution is 2.41. The highest BCUT2D eigenvalue weighted by atomic mass is 35.5. The number of nitrogens with zero attached hydrogens (tertiary/aromatic N) is 5. The first kappa shape index (κ1) is 28.0. The molecule has 1 unspecified atom stereocenters. The topological polar surface area (TPSA) is 129 Å². The van der Waals surface area contributed by atoms with Gasteiger partial charge in [-0.05, 0) is 73.2 Å². The van der Waals surface area contributed by atoms with Crippen molar-refractivity contribution in [2.24, 2.45) is 0 Å². The van der Waals surface area contributed by atoms with Gasteiger partial charge in [0.2, 0.25) is 6.23 Å². The Balaban J connectivity index is 1.20. The SMILES string of the molecule is CN(c1ccc(Cl)cc1)C1CCN(c2ccc(OC[C@@]3(C)Oc4nc([N+](=O)[O-])cn4C3OS(C)(=O)=O)cc2)CC1. The summed E-state index contributed by atoms with van der Waals surface area (Å²) in [7, 11) is -1.81. The number of fused-ring (bicyclic) bond motifs is 1. The zero-order valence-corrected chi connectivity index (χ0v) is 23.8. The molecule has 1 fully saturated rings. The van der Waals surface area contributed by atoms with Gasteiger partial charge in [0.15, 0.2) is 5.60 Å². The number of hydrogen-bond acceptors (Lipinski definition) is 10. The van der Waals surface area contributed by atoms with Gasteiger partial charge in [0.05, 0.1) is 6.26 Å². The molecule has 12 nitrogen and oxygen atoms in total. The maximum absolute atomic E-state index is 11.9. The molecule has 0 spiro atoms. The Hall–Kier alpha value is -3.55. The molecule has 1 aromatic heterocycles. The molecular formula is C26H30ClN5O7S. The van der Waals surface area contributed by atoms with E-state index in [0.717, 1.165) is 54.8 Å². The molecular weight excluding hydrogens is 562 g/mol. The lowest BCUT2D eigenvalue weighted by Gasteiger charge is -2.39. The van der Waals surface area contributed by atoms with Crippen LogP contribution in [0.2, 0.25) is 5.02 Å². The maximum atomic E-state index is 11.9. The molecule has 5 rings (SSSR count). The Morgan fingerprint density at radius 1 is 1.18 bits per heavy atom. The van der Waals surface area contributed by atoms with E-state index in [1.807, 2.05) is 48.5 Å². The molecule has 1 saturated heterocycles. The van der Waals surface area contributed by atoms with E-state index in [4.69, 9.17) is 25.3 Å². The quantitative estimate of drug-likeness (QED) is 0.202. The molecule has 0 N–H and O–H groups in total. The van der Waals surface area contributed by atoms with Gasteiger partial charge in [-0.3, -0.25) is 0 Å². The second-order valence-electron chi connectivity index (χ2n) is 10.2. The number of anilines is 2. The Morgan fingerprint density at radius 2 is 1.82 bits per heavy atom.